The van der Waals surface area contributed by atoms with Crippen LogP contribution in [0.3, 0.4) is 0 Å². The van der Waals surface area contributed by atoms with Crippen molar-refractivity contribution in [3.05, 3.63) is 191 Å². The molecule has 0 radical (unpaired) electrons. The number of pyridine rings is 1. The fourth-order valence-corrected chi connectivity index (χ4v) is 9.25. The Hall–Kier alpha value is -6.35. The van der Waals surface area contributed by atoms with E-state index in [4.69, 9.17) is 15.5 Å². The van der Waals surface area contributed by atoms with Gasteiger partial charge >= 0.3 is 0 Å². The Bertz CT molecular complexity index is 3500. The number of aromatic nitrogens is 3. The first-order valence-corrected chi connectivity index (χ1v) is 24.4. The molecule has 0 saturated heterocycles. The minimum atomic E-state index is -2.55. The maximum absolute atomic E-state index is 12.4. The molecule has 70 heavy (non-hydrogen) atoms. The Morgan fingerprint density at radius 1 is 0.586 bits per heavy atom. The molecule has 0 spiro atoms. The van der Waals surface area contributed by atoms with Crippen LogP contribution < -0.4 is 0 Å². The van der Waals surface area contributed by atoms with E-state index >= 15 is 0 Å². The third kappa shape index (κ3) is 9.99. The molecule has 9 aromatic rings. The van der Waals surface area contributed by atoms with Crippen LogP contribution in [0.15, 0.2) is 152 Å². The number of aromatic hydroxyl groups is 1. The number of fused-ring (bicyclic) bond motifs is 1. The molecule has 5 heteroatoms. The zero-order valence-corrected chi connectivity index (χ0v) is 44.5. The zero-order chi connectivity index (χ0) is 52.3. The second-order valence-electron chi connectivity index (χ2n) is 20.8. The summed E-state index contributed by atoms with van der Waals surface area (Å²) >= 11 is 0. The number of hydrogen-bond donors (Lipinski definition) is 1. The van der Waals surface area contributed by atoms with E-state index in [1.165, 1.54) is 5.56 Å². The molecule has 358 valence electrons. The van der Waals surface area contributed by atoms with Gasteiger partial charge in [-0.05, 0) is 127 Å². The summed E-state index contributed by atoms with van der Waals surface area (Å²) < 4.78 is 38.2. The average molecular weight is 1100 g/mol. The van der Waals surface area contributed by atoms with Crippen molar-refractivity contribution in [2.75, 3.05) is 0 Å². The first-order valence-electron chi connectivity index (χ1n) is 26.4. The predicted octanol–water partition coefficient (Wildman–Crippen LogP) is 18.0. The fraction of sp³-hybridized carbons (Fsp3) is 0.262. The van der Waals surface area contributed by atoms with Gasteiger partial charge in [-0.15, -0.1) is 29.3 Å². The van der Waals surface area contributed by atoms with E-state index in [9.17, 15) is 5.11 Å². The van der Waals surface area contributed by atoms with Gasteiger partial charge in [0.05, 0.1) is 22.3 Å². The van der Waals surface area contributed by atoms with Crippen LogP contribution in [0.25, 0.3) is 83.9 Å². The van der Waals surface area contributed by atoms with Gasteiger partial charge in [-0.25, -0.2) is 4.98 Å². The first kappa shape index (κ1) is 44.8. The van der Waals surface area contributed by atoms with Crippen LogP contribution >= 0.6 is 0 Å². The molecule has 2 aromatic heterocycles. The summed E-state index contributed by atoms with van der Waals surface area (Å²) in [6, 6.07) is 53.2. The molecule has 0 bridgehead atoms. The Morgan fingerprint density at radius 3 is 1.87 bits per heavy atom. The second-order valence-corrected chi connectivity index (χ2v) is 20.8. The molecule has 0 fully saturated rings. The van der Waals surface area contributed by atoms with Crippen LogP contribution in [0.5, 0.6) is 5.75 Å². The summed E-state index contributed by atoms with van der Waals surface area (Å²) in [5.74, 6) is 0.0156. The standard InChI is InChI=1S/C65H66N3O.Pt/c1-39(2)49-30-50(40(3)4)32-52(31-49)47-25-26-60(43(9)29-47)68-61-20-16-19-56(62(61)67-64(68)58-37-51(41(5)6)36-57(42(7)8)63(58)69)53-33-54(35-55(34-53)65(10,11)12)59-38-48(27-28-66-59)46-23-21-45(22-24-46)44-17-14-13-15-18-44;/h13-32,34-42,69H,1-12H3;/q-1;/i9D3,39D;. The van der Waals surface area contributed by atoms with Gasteiger partial charge in [0.15, 0.2) is 0 Å². The first-order chi connectivity index (χ1) is 34.5. The van der Waals surface area contributed by atoms with E-state index < -0.39 is 12.7 Å². The molecule has 2 heterocycles. The quantitative estimate of drug-likeness (QED) is 0.131. The number of benzene rings is 7. The van der Waals surface area contributed by atoms with E-state index in [1.54, 1.807) is 6.07 Å². The van der Waals surface area contributed by atoms with Crippen LogP contribution in [0, 0.1) is 12.9 Å². The Kier molecular flexibility index (Phi) is 12.9. The molecule has 0 aliphatic heterocycles. The van der Waals surface area contributed by atoms with Crippen molar-refractivity contribution in [3.63, 3.8) is 0 Å². The molecule has 1 N–H and O–H groups in total. The number of phenols is 1. The number of nitrogens with zero attached hydrogens (tertiary/aromatic N) is 3. The van der Waals surface area contributed by atoms with Gasteiger partial charge in [0.2, 0.25) is 0 Å². The van der Waals surface area contributed by atoms with Gasteiger partial charge in [-0.1, -0.05) is 190 Å². The van der Waals surface area contributed by atoms with Crippen molar-refractivity contribution in [2.45, 2.75) is 112 Å². The van der Waals surface area contributed by atoms with Crippen molar-refractivity contribution in [3.8, 4) is 78.6 Å². The summed E-state index contributed by atoms with van der Waals surface area (Å²) in [6.45, 7) is 20.5. The third-order valence-electron chi connectivity index (χ3n) is 13.5. The third-order valence-corrected chi connectivity index (χ3v) is 13.5. The number of imidazole rings is 1. The smallest absolute Gasteiger partial charge is 0.148 e. The second kappa shape index (κ2) is 20.2. The summed E-state index contributed by atoms with van der Waals surface area (Å²) in [5.41, 5.74) is 16.3. The van der Waals surface area contributed by atoms with Crippen LogP contribution in [0.1, 0.15) is 139 Å². The Morgan fingerprint density at radius 2 is 1.21 bits per heavy atom. The molecule has 0 unspecified atom stereocenters. The molecule has 4 nitrogen and oxygen atoms in total. The van der Waals surface area contributed by atoms with Crippen molar-refractivity contribution in [1.82, 2.24) is 14.5 Å². The summed E-state index contributed by atoms with van der Waals surface area (Å²) in [6.07, 6.45) is 1.86. The van der Waals surface area contributed by atoms with Gasteiger partial charge < -0.3 is 5.11 Å². The SMILES string of the molecule is [2H]C([2H])([2H])c1cc(-c2cc(C(C)C)cc(C([2H])(C)C)c2)ccc1-n1c(-c2cc(C(C)C)cc(C(C)C)c2O)nc2c(-c3[c-]c(-c4cc(-c5ccc(-c6ccccc6)cc5)ccn4)cc(C(C)(C)C)c3)cccc21.[Pt]. The summed E-state index contributed by atoms with van der Waals surface area (Å²) in [4.78, 5) is 10.4. The van der Waals surface area contributed by atoms with Gasteiger partial charge in [0, 0.05) is 38.4 Å². The average Bonchev–Trinajstić information content (AvgIpc) is 3.75. The molecule has 9 rings (SSSR count). The largest absolute Gasteiger partial charge is 0.507 e. The minimum Gasteiger partial charge on any atom is -0.507 e. The predicted molar refractivity (Wildman–Crippen MR) is 292 cm³/mol. The molecule has 0 aliphatic carbocycles. The van der Waals surface area contributed by atoms with Gasteiger partial charge in [0.1, 0.15) is 11.6 Å². The van der Waals surface area contributed by atoms with Gasteiger partial charge in [0.25, 0.3) is 0 Å². The Balaban J connectivity index is 0.00000729. The van der Waals surface area contributed by atoms with E-state index in [0.717, 1.165) is 78.0 Å². The summed E-state index contributed by atoms with van der Waals surface area (Å²) in [5, 5.41) is 12.4. The van der Waals surface area contributed by atoms with Crippen LogP contribution in [0.4, 0.5) is 0 Å². The monoisotopic (exact) mass is 1100 g/mol. The minimum absolute atomic E-state index is 0. The van der Waals surface area contributed by atoms with E-state index in [0.29, 0.717) is 28.1 Å². The van der Waals surface area contributed by atoms with E-state index in [2.05, 4.69) is 159 Å². The maximum Gasteiger partial charge on any atom is 0.148 e. The van der Waals surface area contributed by atoms with Crippen molar-refractivity contribution in [2.24, 2.45) is 0 Å². The van der Waals surface area contributed by atoms with Gasteiger partial charge in [-0.2, -0.15) is 0 Å². The number of phenolic OH excluding ortho intramolecular Hbond substituents is 1. The molecule has 0 amide bonds. The normalized spacial score (nSPS) is 13.1. The number of rotatable bonds is 11. The molecule has 0 aliphatic rings. The Labute approximate surface area is 436 Å². The van der Waals surface area contributed by atoms with Crippen molar-refractivity contribution < 1.29 is 31.7 Å². The number of para-hydroxylation sites is 1. The summed E-state index contributed by atoms with van der Waals surface area (Å²) in [7, 11) is 0. The van der Waals surface area contributed by atoms with Gasteiger partial charge in [-0.3, -0.25) is 9.55 Å². The number of hydrogen-bond acceptors (Lipinski definition) is 3. The molecular formula is C65H66N3OPt-. The van der Waals surface area contributed by atoms with E-state index in [-0.39, 0.29) is 55.5 Å². The topological polar surface area (TPSA) is 50.9 Å². The van der Waals surface area contributed by atoms with Crippen LogP contribution in [0.2, 0.25) is 0 Å². The van der Waals surface area contributed by atoms with E-state index in [1.807, 2.05) is 73.1 Å². The molecule has 0 saturated carbocycles. The number of aryl methyl sites for hydroxylation is 1. The molecule has 0 atom stereocenters. The van der Waals surface area contributed by atoms with Crippen molar-refractivity contribution in [1.29, 1.82) is 0 Å². The van der Waals surface area contributed by atoms with Crippen LogP contribution in [-0.2, 0) is 26.5 Å². The molecular weight excluding hydrogens is 1030 g/mol. The fourth-order valence-electron chi connectivity index (χ4n) is 9.25. The molecule has 7 aromatic carbocycles. The van der Waals surface area contributed by atoms with Crippen molar-refractivity contribution >= 4 is 11.0 Å². The van der Waals surface area contributed by atoms with Crippen LogP contribution in [-0.4, -0.2) is 19.6 Å². The maximum atomic E-state index is 12.4. The zero-order valence-electron chi connectivity index (χ0n) is 46.3.